The van der Waals surface area contributed by atoms with Crippen molar-refractivity contribution in [3.8, 4) is 0 Å². The second kappa shape index (κ2) is 20.0. The Morgan fingerprint density at radius 2 is 1.45 bits per heavy atom. The van der Waals surface area contributed by atoms with Gasteiger partial charge in [0.15, 0.2) is 12.1 Å². The average Bonchev–Trinajstić information content (AvgIpc) is 3.11. The van der Waals surface area contributed by atoms with Gasteiger partial charge in [0.25, 0.3) is 5.91 Å². The molecule has 2 aliphatic rings. The highest BCUT2D eigenvalue weighted by Gasteiger charge is 2.46. The number of rotatable bonds is 12. The molecule has 2 aliphatic heterocycles. The lowest BCUT2D eigenvalue weighted by Gasteiger charge is -2.39. The van der Waals surface area contributed by atoms with Gasteiger partial charge in [-0.1, -0.05) is 30.3 Å². The number of benzene rings is 1. The maximum absolute atomic E-state index is 13.8. The number of carbonyl (C=O) groups excluding carboxylic acids is 6. The van der Waals surface area contributed by atoms with Crippen molar-refractivity contribution in [1.29, 1.82) is 0 Å². The van der Waals surface area contributed by atoms with Crippen molar-refractivity contribution in [2.75, 3.05) is 26.2 Å². The van der Waals surface area contributed by atoms with Gasteiger partial charge in [0, 0.05) is 19.5 Å². The summed E-state index contributed by atoms with van der Waals surface area (Å²) in [6.45, 7) is -2.28. The molecule has 3 rings (SSSR count). The van der Waals surface area contributed by atoms with Gasteiger partial charge in [-0.25, -0.2) is 0 Å². The second-order valence-corrected chi connectivity index (χ2v) is 12.3. The molecular formula is C31H45N9O13. The van der Waals surface area contributed by atoms with Gasteiger partial charge in [0.2, 0.25) is 29.5 Å². The number of carboxylic acid groups (broad SMARTS) is 1. The van der Waals surface area contributed by atoms with Crippen molar-refractivity contribution >= 4 is 47.4 Å². The molecule has 2 fully saturated rings. The normalized spacial score (nSPS) is 28.8. The predicted molar refractivity (Wildman–Crippen MR) is 180 cm³/mol. The summed E-state index contributed by atoms with van der Waals surface area (Å²) in [6.07, 6.45) is -9.97. The van der Waals surface area contributed by atoms with Crippen LogP contribution in [0.25, 0.3) is 0 Å². The number of amides is 6. The van der Waals surface area contributed by atoms with Crippen LogP contribution in [0.2, 0.25) is 0 Å². The van der Waals surface area contributed by atoms with Crippen LogP contribution in [0.4, 0.5) is 0 Å². The number of nitrogens with zero attached hydrogens (tertiary/aromatic N) is 1. The molecule has 0 aliphatic carbocycles. The summed E-state index contributed by atoms with van der Waals surface area (Å²) in [7, 11) is 0. The molecule has 1 aromatic carbocycles. The number of carbonyl (C=O) groups is 7. The molecule has 292 valence electrons. The molecule has 0 aromatic heterocycles. The van der Waals surface area contributed by atoms with Gasteiger partial charge in [0.05, 0.1) is 19.6 Å². The summed E-state index contributed by atoms with van der Waals surface area (Å²) in [4.78, 5) is 95.5. The number of aliphatic imine (C=N–C) groups is 1. The molecule has 0 saturated carbocycles. The SMILES string of the molecule is NC(N)=NCCC[C@@H]1NC(=O)[C@H](CNC(=O)[C@@H]2O[C@H](CO)[C@@H](O)[C@H](O)[C@H]2O)NC(=O)[C@@H](Cc2ccccc2)NC(=O)[C@H](CC(=O)O)NC(=O)CNC1=O. The van der Waals surface area contributed by atoms with Crippen LogP contribution in [-0.4, -0.2) is 154 Å². The molecule has 2 saturated heterocycles. The summed E-state index contributed by atoms with van der Waals surface area (Å²) in [5, 5.41) is 63.6. The molecule has 2 heterocycles. The van der Waals surface area contributed by atoms with Gasteiger partial charge in [-0.15, -0.1) is 0 Å². The van der Waals surface area contributed by atoms with Crippen LogP contribution < -0.4 is 43.4 Å². The quantitative estimate of drug-likeness (QED) is 0.0536. The van der Waals surface area contributed by atoms with E-state index in [0.717, 1.165) is 0 Å². The number of aliphatic carboxylic acids is 1. The number of nitrogens with two attached hydrogens (primary N) is 2. The number of nitrogens with one attached hydrogen (secondary N) is 6. The van der Waals surface area contributed by atoms with E-state index in [1.165, 1.54) is 0 Å². The summed E-state index contributed by atoms with van der Waals surface area (Å²) in [5.74, 6) is -7.81. The third-order valence-electron chi connectivity index (χ3n) is 8.21. The van der Waals surface area contributed by atoms with Crippen LogP contribution in [0, 0.1) is 0 Å². The number of hydrogen-bond acceptors (Lipinski definition) is 13. The number of carboxylic acids is 1. The number of ether oxygens (including phenoxy) is 1. The highest BCUT2D eigenvalue weighted by atomic mass is 16.5. The largest absolute Gasteiger partial charge is 0.481 e. The summed E-state index contributed by atoms with van der Waals surface area (Å²) < 4.78 is 5.26. The summed E-state index contributed by atoms with van der Waals surface area (Å²) in [6, 6.07) is 1.96. The fraction of sp³-hybridized carbons (Fsp3) is 0.548. The van der Waals surface area contributed by atoms with E-state index in [1.807, 2.05) is 0 Å². The van der Waals surface area contributed by atoms with Crippen LogP contribution in [0.15, 0.2) is 35.3 Å². The van der Waals surface area contributed by atoms with Gasteiger partial charge < -0.3 is 73.6 Å². The lowest BCUT2D eigenvalue weighted by atomic mass is 9.94. The predicted octanol–water partition coefficient (Wildman–Crippen LogP) is -7.22. The molecule has 0 spiro atoms. The molecule has 0 radical (unpaired) electrons. The first-order valence-corrected chi connectivity index (χ1v) is 16.5. The zero-order valence-electron chi connectivity index (χ0n) is 28.3. The van der Waals surface area contributed by atoms with Crippen molar-refractivity contribution in [1.82, 2.24) is 31.9 Å². The molecule has 53 heavy (non-hydrogen) atoms. The van der Waals surface area contributed by atoms with E-state index in [4.69, 9.17) is 16.2 Å². The highest BCUT2D eigenvalue weighted by molar-refractivity contribution is 5.98. The molecule has 6 amide bonds. The minimum absolute atomic E-state index is 0.0314. The van der Waals surface area contributed by atoms with Gasteiger partial charge in [-0.2, -0.15) is 0 Å². The monoisotopic (exact) mass is 751 g/mol. The molecule has 22 nitrogen and oxygen atoms in total. The molecule has 22 heteroatoms. The third-order valence-corrected chi connectivity index (χ3v) is 8.21. The molecular weight excluding hydrogens is 706 g/mol. The van der Waals surface area contributed by atoms with E-state index in [1.54, 1.807) is 30.3 Å². The maximum atomic E-state index is 13.8. The Balaban J connectivity index is 1.98. The average molecular weight is 752 g/mol. The molecule has 0 bridgehead atoms. The zero-order chi connectivity index (χ0) is 39.2. The van der Waals surface area contributed by atoms with Crippen LogP contribution in [0.5, 0.6) is 0 Å². The van der Waals surface area contributed by atoms with Crippen molar-refractivity contribution in [2.45, 2.75) is 80.4 Å². The molecule has 15 N–H and O–H groups in total. The number of aliphatic hydroxyl groups is 4. The highest BCUT2D eigenvalue weighted by Crippen LogP contribution is 2.21. The van der Waals surface area contributed by atoms with Crippen LogP contribution in [-0.2, 0) is 44.7 Å². The third kappa shape index (κ3) is 12.6. The van der Waals surface area contributed by atoms with Gasteiger partial charge in [0.1, 0.15) is 48.6 Å². The Morgan fingerprint density at radius 3 is 2.09 bits per heavy atom. The van der Waals surface area contributed by atoms with E-state index in [9.17, 15) is 59.1 Å². The summed E-state index contributed by atoms with van der Waals surface area (Å²) in [5.41, 5.74) is 11.2. The van der Waals surface area contributed by atoms with E-state index >= 15 is 0 Å². The van der Waals surface area contributed by atoms with Crippen LogP contribution in [0.1, 0.15) is 24.8 Å². The Bertz CT molecular complexity index is 1510. The Kier molecular flexibility index (Phi) is 15.8. The number of hydrogen-bond donors (Lipinski definition) is 13. The molecule has 1 aromatic rings. The van der Waals surface area contributed by atoms with E-state index in [0.29, 0.717) is 5.56 Å². The number of aliphatic hydroxyl groups excluding tert-OH is 4. The fourth-order valence-corrected chi connectivity index (χ4v) is 5.40. The van der Waals surface area contributed by atoms with Crippen LogP contribution in [0.3, 0.4) is 0 Å². The van der Waals surface area contributed by atoms with Gasteiger partial charge >= 0.3 is 5.97 Å². The first-order chi connectivity index (χ1) is 25.1. The zero-order valence-corrected chi connectivity index (χ0v) is 28.3. The lowest BCUT2D eigenvalue weighted by Crippen LogP contribution is -2.64. The lowest BCUT2D eigenvalue weighted by molar-refractivity contribution is -0.226. The topological polar surface area (TPSA) is 366 Å². The van der Waals surface area contributed by atoms with E-state index in [2.05, 4.69) is 36.9 Å². The second-order valence-electron chi connectivity index (χ2n) is 12.3. The Morgan fingerprint density at radius 1 is 0.830 bits per heavy atom. The van der Waals surface area contributed by atoms with E-state index < -0.39 is 122 Å². The fourth-order valence-electron chi connectivity index (χ4n) is 5.40. The first kappa shape index (κ1) is 42.0. The molecule has 9 atom stereocenters. The van der Waals surface area contributed by atoms with Crippen LogP contribution >= 0.6 is 0 Å². The minimum atomic E-state index is -1.97. The molecule has 0 unspecified atom stereocenters. The van der Waals surface area contributed by atoms with Gasteiger partial charge in [-0.3, -0.25) is 38.6 Å². The van der Waals surface area contributed by atoms with Crippen molar-refractivity contribution in [2.24, 2.45) is 16.5 Å². The minimum Gasteiger partial charge on any atom is -0.481 e. The van der Waals surface area contributed by atoms with Crippen molar-refractivity contribution in [3.05, 3.63) is 35.9 Å². The van der Waals surface area contributed by atoms with Crippen molar-refractivity contribution < 1.29 is 63.8 Å². The van der Waals surface area contributed by atoms with Crippen molar-refractivity contribution in [3.63, 3.8) is 0 Å². The first-order valence-electron chi connectivity index (χ1n) is 16.5. The summed E-state index contributed by atoms with van der Waals surface area (Å²) >= 11 is 0. The van der Waals surface area contributed by atoms with Gasteiger partial charge in [-0.05, 0) is 18.4 Å². The number of guanidine groups is 1. The Hall–Kier alpha value is -5.42. The Labute approximate surface area is 302 Å². The smallest absolute Gasteiger partial charge is 0.305 e. The standard InChI is InChI=1S/C31H45N9O13/c32-31(33)34-8-4-7-15-26(48)36-12-20(42)37-17(10-21(43)44)28(50)39-16(9-14-5-2-1-3-6-14)27(49)40-18(29(51)38-15)11-35-30(52)25-24(47)23(46)22(45)19(13-41)53-25/h1-3,5-6,15-19,22-25,41,45-47H,4,7-13H2,(H,35,52)(H,36,48)(H,37,42)(H,38,51)(H,39,50)(H,40,49)(H,43,44)(H4,32,33,34)/t15-,16+,17-,18-,19+,22+,23-,24+,25+/m0/s1. The maximum Gasteiger partial charge on any atom is 0.305 e. The van der Waals surface area contributed by atoms with E-state index in [-0.39, 0.29) is 31.8 Å².